The van der Waals surface area contributed by atoms with Gasteiger partial charge in [0.2, 0.25) is 0 Å². The lowest BCUT2D eigenvalue weighted by Crippen LogP contribution is -2.25. The Bertz CT molecular complexity index is 1090. The van der Waals surface area contributed by atoms with E-state index in [0.717, 1.165) is 0 Å². The Hall–Kier alpha value is -1.86. The van der Waals surface area contributed by atoms with Crippen LogP contribution in [0.3, 0.4) is 0 Å². The molecule has 1 heterocycles. The summed E-state index contributed by atoms with van der Waals surface area (Å²) in [5.41, 5.74) is 10.7. The first-order chi connectivity index (χ1) is 17.6. The van der Waals surface area contributed by atoms with Crippen LogP contribution in [0.25, 0.3) is 21.6 Å². The fourth-order valence-corrected chi connectivity index (χ4v) is 7.53. The normalized spacial score (nSPS) is 13.7. The van der Waals surface area contributed by atoms with Gasteiger partial charge in [0.1, 0.15) is 0 Å². The third-order valence-electron chi connectivity index (χ3n) is 8.73. The van der Waals surface area contributed by atoms with E-state index in [2.05, 4.69) is 75.5 Å². The van der Waals surface area contributed by atoms with Crippen molar-refractivity contribution >= 4 is 11.3 Å². The summed E-state index contributed by atoms with van der Waals surface area (Å²) in [5, 5.41) is 2.33. The van der Waals surface area contributed by atoms with Crippen LogP contribution in [0.2, 0.25) is 0 Å². The first kappa shape index (κ1) is 27.2. The van der Waals surface area contributed by atoms with E-state index in [1.807, 2.05) is 11.3 Å². The van der Waals surface area contributed by atoms with Crippen molar-refractivity contribution in [3.63, 3.8) is 0 Å². The molecule has 0 amide bonds. The Balaban J connectivity index is 1.67. The molecule has 1 aliphatic rings. The maximum absolute atomic E-state index is 2.60. The molecule has 0 radical (unpaired) electrons. The monoisotopic (exact) mass is 500 g/mol. The van der Waals surface area contributed by atoms with Gasteiger partial charge in [-0.05, 0) is 77.1 Å². The number of aryl methyl sites for hydroxylation is 1. The van der Waals surface area contributed by atoms with Crippen LogP contribution in [0, 0.1) is 13.8 Å². The Morgan fingerprint density at radius 3 is 1.83 bits per heavy atom. The summed E-state index contributed by atoms with van der Waals surface area (Å²) in [5.74, 6) is 0. The molecule has 0 unspecified atom stereocenters. The van der Waals surface area contributed by atoms with E-state index < -0.39 is 0 Å². The molecule has 36 heavy (non-hydrogen) atoms. The third kappa shape index (κ3) is 5.83. The largest absolute Gasteiger partial charge is 0.143 e. The predicted octanol–water partition coefficient (Wildman–Crippen LogP) is 11.8. The molecule has 2 aromatic carbocycles. The van der Waals surface area contributed by atoms with E-state index in [1.54, 1.807) is 11.1 Å². The predicted molar refractivity (Wildman–Crippen MR) is 161 cm³/mol. The van der Waals surface area contributed by atoms with E-state index >= 15 is 0 Å². The minimum Gasteiger partial charge on any atom is -0.143 e. The maximum atomic E-state index is 2.60. The SMILES string of the molecule is CCCCCCCCC1(CCCCCCCC)c2ccccc2-c2ccc(-c3scc(C)c3C)cc21. The molecule has 0 atom stereocenters. The van der Waals surface area contributed by atoms with Crippen LogP contribution in [-0.4, -0.2) is 0 Å². The number of thiophene rings is 1. The van der Waals surface area contributed by atoms with Crippen molar-refractivity contribution in [1.82, 2.24) is 0 Å². The molecule has 0 spiro atoms. The highest BCUT2D eigenvalue weighted by atomic mass is 32.1. The average Bonchev–Trinajstić information content (AvgIpc) is 3.37. The van der Waals surface area contributed by atoms with Gasteiger partial charge >= 0.3 is 0 Å². The van der Waals surface area contributed by atoms with Gasteiger partial charge in [0.15, 0.2) is 0 Å². The number of rotatable bonds is 15. The van der Waals surface area contributed by atoms with Crippen molar-refractivity contribution < 1.29 is 0 Å². The van der Waals surface area contributed by atoms with E-state index in [9.17, 15) is 0 Å². The molecule has 0 fully saturated rings. The molecule has 0 saturated carbocycles. The fraction of sp³-hybridized carbons (Fsp3) is 0.543. The van der Waals surface area contributed by atoms with Gasteiger partial charge in [-0.3, -0.25) is 0 Å². The fourth-order valence-electron chi connectivity index (χ4n) is 6.46. The first-order valence-electron chi connectivity index (χ1n) is 14.9. The Kier molecular flexibility index (Phi) is 9.88. The number of unbranched alkanes of at least 4 members (excludes halogenated alkanes) is 10. The number of benzene rings is 2. The second-order valence-electron chi connectivity index (χ2n) is 11.3. The molecule has 1 aliphatic carbocycles. The number of hydrogen-bond donors (Lipinski definition) is 0. The smallest absolute Gasteiger partial charge is 0.0374 e. The van der Waals surface area contributed by atoms with Crippen molar-refractivity contribution in [2.24, 2.45) is 0 Å². The highest BCUT2D eigenvalue weighted by Gasteiger charge is 2.42. The van der Waals surface area contributed by atoms with E-state index in [0.29, 0.717) is 0 Å². The summed E-state index contributed by atoms with van der Waals surface area (Å²) >= 11 is 1.92. The first-order valence-corrected chi connectivity index (χ1v) is 15.8. The summed E-state index contributed by atoms with van der Waals surface area (Å²) < 4.78 is 0. The van der Waals surface area contributed by atoms with Gasteiger partial charge in [0.05, 0.1) is 0 Å². The van der Waals surface area contributed by atoms with Gasteiger partial charge in [-0.15, -0.1) is 11.3 Å². The molecule has 4 rings (SSSR count). The van der Waals surface area contributed by atoms with Crippen molar-refractivity contribution in [3.05, 3.63) is 70.1 Å². The Labute approximate surface area is 225 Å². The summed E-state index contributed by atoms with van der Waals surface area (Å²) in [6.45, 7) is 9.18. The van der Waals surface area contributed by atoms with Crippen molar-refractivity contribution in [1.29, 1.82) is 0 Å². The maximum Gasteiger partial charge on any atom is 0.0374 e. The van der Waals surface area contributed by atoms with Crippen molar-refractivity contribution in [3.8, 4) is 21.6 Å². The standard InChI is InChI=1S/C35H48S/c1-5-7-9-11-13-17-23-35(24-18-14-12-10-8-6-2)32-20-16-15-19-30(32)31-22-21-29(25-33(31)35)34-28(4)27(3)26-36-34/h15-16,19-22,25-26H,5-14,17-18,23-24H2,1-4H3. The summed E-state index contributed by atoms with van der Waals surface area (Å²) in [6.07, 6.45) is 19.0. The quantitative estimate of drug-likeness (QED) is 0.182. The minimum atomic E-state index is 0.178. The van der Waals surface area contributed by atoms with Gasteiger partial charge in [-0.2, -0.15) is 0 Å². The minimum absolute atomic E-state index is 0.178. The van der Waals surface area contributed by atoms with Crippen LogP contribution in [0.4, 0.5) is 0 Å². The molecule has 0 aliphatic heterocycles. The van der Waals surface area contributed by atoms with E-state index in [1.165, 1.54) is 123 Å². The zero-order chi connectivity index (χ0) is 25.4. The Morgan fingerprint density at radius 1 is 0.639 bits per heavy atom. The highest BCUT2D eigenvalue weighted by Crippen LogP contribution is 2.55. The van der Waals surface area contributed by atoms with E-state index in [-0.39, 0.29) is 5.41 Å². The number of hydrogen-bond acceptors (Lipinski definition) is 1. The molecule has 3 aromatic rings. The summed E-state index contributed by atoms with van der Waals surface area (Å²) in [6, 6.07) is 16.8. The summed E-state index contributed by atoms with van der Waals surface area (Å²) in [4.78, 5) is 1.46. The van der Waals surface area contributed by atoms with Gasteiger partial charge in [0, 0.05) is 10.3 Å². The zero-order valence-electron chi connectivity index (χ0n) is 23.4. The molecule has 1 aromatic heterocycles. The van der Waals surface area contributed by atoms with Crippen molar-refractivity contribution in [2.45, 2.75) is 123 Å². The lowest BCUT2D eigenvalue weighted by Gasteiger charge is -2.33. The highest BCUT2D eigenvalue weighted by molar-refractivity contribution is 7.14. The Morgan fingerprint density at radius 2 is 1.22 bits per heavy atom. The summed E-state index contributed by atoms with van der Waals surface area (Å²) in [7, 11) is 0. The molecule has 194 valence electrons. The second-order valence-corrected chi connectivity index (χ2v) is 12.2. The molecule has 0 nitrogen and oxygen atoms in total. The topological polar surface area (TPSA) is 0 Å². The average molecular weight is 501 g/mol. The van der Waals surface area contributed by atoms with Gasteiger partial charge < -0.3 is 0 Å². The van der Waals surface area contributed by atoms with Crippen LogP contribution in [0.1, 0.15) is 126 Å². The lowest BCUT2D eigenvalue weighted by atomic mass is 9.70. The lowest BCUT2D eigenvalue weighted by molar-refractivity contribution is 0.398. The van der Waals surface area contributed by atoms with Gasteiger partial charge in [-0.25, -0.2) is 0 Å². The van der Waals surface area contributed by atoms with Gasteiger partial charge in [0.25, 0.3) is 0 Å². The molecule has 0 N–H and O–H groups in total. The second kappa shape index (κ2) is 13.1. The molecule has 0 bridgehead atoms. The van der Waals surface area contributed by atoms with Crippen molar-refractivity contribution in [2.75, 3.05) is 0 Å². The molecule has 0 saturated heterocycles. The van der Waals surface area contributed by atoms with E-state index in [4.69, 9.17) is 0 Å². The van der Waals surface area contributed by atoms with Crippen LogP contribution < -0.4 is 0 Å². The number of fused-ring (bicyclic) bond motifs is 3. The third-order valence-corrected chi connectivity index (χ3v) is 9.98. The molecular weight excluding hydrogens is 452 g/mol. The molecular formula is C35H48S. The molecule has 1 heteroatoms. The van der Waals surface area contributed by atoms with Crippen LogP contribution in [-0.2, 0) is 5.41 Å². The zero-order valence-corrected chi connectivity index (χ0v) is 24.2. The van der Waals surface area contributed by atoms with Gasteiger partial charge in [-0.1, -0.05) is 127 Å². The van der Waals surface area contributed by atoms with Crippen LogP contribution >= 0.6 is 11.3 Å². The van der Waals surface area contributed by atoms with Crippen LogP contribution in [0.15, 0.2) is 47.8 Å². The van der Waals surface area contributed by atoms with Crippen LogP contribution in [0.5, 0.6) is 0 Å².